The van der Waals surface area contributed by atoms with Gasteiger partial charge in [-0.15, -0.1) is 11.8 Å². The fourth-order valence-electron chi connectivity index (χ4n) is 2.11. The van der Waals surface area contributed by atoms with Crippen LogP contribution < -0.4 is 0 Å². The second-order valence-electron chi connectivity index (χ2n) is 4.09. The molecule has 0 bridgehead atoms. The summed E-state index contributed by atoms with van der Waals surface area (Å²) in [6, 6.07) is -0.627. The average molecular weight is 261 g/mol. The third-order valence-electron chi connectivity index (χ3n) is 3.04. The smallest absolute Gasteiger partial charge is 0.327 e. The van der Waals surface area contributed by atoms with Crippen LogP contribution in [-0.4, -0.2) is 50.6 Å². The maximum atomic E-state index is 12.2. The number of carbonyl (C=O) groups excluding carboxylic acids is 1. The molecular formula is C10H15NO3S2. The van der Waals surface area contributed by atoms with E-state index in [1.165, 1.54) is 0 Å². The van der Waals surface area contributed by atoms with Gasteiger partial charge in [0.25, 0.3) is 0 Å². The topological polar surface area (TPSA) is 57.6 Å². The van der Waals surface area contributed by atoms with E-state index in [4.69, 9.17) is 5.11 Å². The first-order valence-electron chi connectivity index (χ1n) is 5.35. The van der Waals surface area contributed by atoms with Crippen LogP contribution in [0.25, 0.3) is 0 Å². The molecule has 3 unspecified atom stereocenters. The molecule has 90 valence electrons. The standard InChI is InChI=1S/C10H15NO3S2/c1-6-11(8(5-16-6)10(13)14)9(12)7-2-3-15-4-7/h6-8H,2-5H2,1H3,(H,13,14). The maximum absolute atomic E-state index is 12.2. The molecule has 1 N–H and O–H groups in total. The monoisotopic (exact) mass is 261 g/mol. The SMILES string of the molecule is CC1SCC(C(=O)O)N1C(=O)C1CCSC1. The second-order valence-corrected chi connectivity index (χ2v) is 6.59. The van der Waals surface area contributed by atoms with Crippen LogP contribution in [0, 0.1) is 5.92 Å². The third kappa shape index (κ3) is 2.18. The van der Waals surface area contributed by atoms with Gasteiger partial charge in [-0.3, -0.25) is 4.79 Å². The molecule has 0 aromatic carbocycles. The fraction of sp³-hybridized carbons (Fsp3) is 0.800. The maximum Gasteiger partial charge on any atom is 0.327 e. The highest BCUT2D eigenvalue weighted by molar-refractivity contribution is 8.00. The van der Waals surface area contributed by atoms with Gasteiger partial charge >= 0.3 is 5.97 Å². The Morgan fingerprint density at radius 3 is 2.69 bits per heavy atom. The molecule has 0 spiro atoms. The van der Waals surface area contributed by atoms with Crippen molar-refractivity contribution in [2.75, 3.05) is 17.3 Å². The zero-order valence-corrected chi connectivity index (χ0v) is 10.7. The first-order chi connectivity index (χ1) is 7.61. The van der Waals surface area contributed by atoms with Crippen LogP contribution in [0.5, 0.6) is 0 Å². The largest absolute Gasteiger partial charge is 0.480 e. The molecule has 0 aromatic heterocycles. The zero-order valence-electron chi connectivity index (χ0n) is 9.09. The first-order valence-corrected chi connectivity index (χ1v) is 7.56. The molecule has 3 atom stereocenters. The molecule has 0 radical (unpaired) electrons. The van der Waals surface area contributed by atoms with Crippen molar-refractivity contribution in [1.29, 1.82) is 0 Å². The number of carboxylic acids is 1. The molecule has 2 heterocycles. The highest BCUT2D eigenvalue weighted by atomic mass is 32.2. The van der Waals surface area contributed by atoms with Crippen LogP contribution >= 0.6 is 23.5 Å². The Hall–Kier alpha value is -0.360. The summed E-state index contributed by atoms with van der Waals surface area (Å²) in [4.78, 5) is 24.8. The van der Waals surface area contributed by atoms with Gasteiger partial charge in [-0.05, 0) is 19.1 Å². The van der Waals surface area contributed by atoms with Gasteiger partial charge in [0.15, 0.2) is 0 Å². The molecule has 0 aromatic rings. The van der Waals surface area contributed by atoms with E-state index < -0.39 is 12.0 Å². The summed E-state index contributed by atoms with van der Waals surface area (Å²) < 4.78 is 0. The van der Waals surface area contributed by atoms with Crippen molar-refractivity contribution in [1.82, 2.24) is 4.90 Å². The Labute approximate surface area is 103 Å². The normalized spacial score (nSPS) is 34.3. The van der Waals surface area contributed by atoms with E-state index in [1.54, 1.807) is 28.4 Å². The van der Waals surface area contributed by atoms with Gasteiger partial charge in [0.05, 0.1) is 5.37 Å². The molecule has 2 aliphatic rings. The Balaban J connectivity index is 2.10. The molecule has 0 saturated carbocycles. The van der Waals surface area contributed by atoms with E-state index >= 15 is 0 Å². The van der Waals surface area contributed by atoms with Gasteiger partial charge in [-0.25, -0.2) is 4.79 Å². The van der Waals surface area contributed by atoms with Crippen molar-refractivity contribution < 1.29 is 14.7 Å². The van der Waals surface area contributed by atoms with Crippen molar-refractivity contribution >= 4 is 35.4 Å². The quantitative estimate of drug-likeness (QED) is 0.807. The number of hydrogen-bond acceptors (Lipinski definition) is 4. The lowest BCUT2D eigenvalue weighted by Gasteiger charge is -2.27. The Morgan fingerprint density at radius 2 is 2.12 bits per heavy atom. The number of rotatable bonds is 2. The molecule has 16 heavy (non-hydrogen) atoms. The molecule has 2 fully saturated rings. The van der Waals surface area contributed by atoms with Crippen molar-refractivity contribution in [3.8, 4) is 0 Å². The number of nitrogens with zero attached hydrogens (tertiary/aromatic N) is 1. The molecule has 2 aliphatic heterocycles. The molecule has 2 saturated heterocycles. The predicted octanol–water partition coefficient (Wildman–Crippen LogP) is 1.11. The van der Waals surface area contributed by atoms with Crippen LogP contribution in [0.3, 0.4) is 0 Å². The van der Waals surface area contributed by atoms with Crippen molar-refractivity contribution in [2.24, 2.45) is 5.92 Å². The van der Waals surface area contributed by atoms with E-state index in [-0.39, 0.29) is 17.2 Å². The molecule has 4 nitrogen and oxygen atoms in total. The van der Waals surface area contributed by atoms with Gasteiger partial charge in [0.2, 0.25) is 5.91 Å². The number of carboxylic acid groups (broad SMARTS) is 1. The summed E-state index contributed by atoms with van der Waals surface area (Å²) in [5.74, 6) is 1.57. The lowest BCUT2D eigenvalue weighted by Crippen LogP contribution is -2.47. The Kier molecular flexibility index (Phi) is 3.69. The summed E-state index contributed by atoms with van der Waals surface area (Å²) in [5.41, 5.74) is 0. The van der Waals surface area contributed by atoms with E-state index in [0.717, 1.165) is 17.9 Å². The highest BCUT2D eigenvalue weighted by Gasteiger charge is 2.42. The van der Waals surface area contributed by atoms with Gasteiger partial charge < -0.3 is 10.0 Å². The molecule has 6 heteroatoms. The van der Waals surface area contributed by atoms with E-state index in [2.05, 4.69) is 0 Å². The van der Waals surface area contributed by atoms with E-state index in [1.807, 2.05) is 6.92 Å². The van der Waals surface area contributed by atoms with Crippen LogP contribution in [0.15, 0.2) is 0 Å². The van der Waals surface area contributed by atoms with Crippen LogP contribution in [0.4, 0.5) is 0 Å². The van der Waals surface area contributed by atoms with Gasteiger partial charge in [-0.1, -0.05) is 0 Å². The lowest BCUT2D eigenvalue weighted by atomic mass is 10.1. The highest BCUT2D eigenvalue weighted by Crippen LogP contribution is 2.33. The average Bonchev–Trinajstić information content (AvgIpc) is 2.84. The van der Waals surface area contributed by atoms with Gasteiger partial charge in [0, 0.05) is 17.4 Å². The molecular weight excluding hydrogens is 246 g/mol. The number of hydrogen-bond donors (Lipinski definition) is 1. The summed E-state index contributed by atoms with van der Waals surface area (Å²) in [7, 11) is 0. The predicted molar refractivity (Wildman–Crippen MR) is 65.6 cm³/mol. The summed E-state index contributed by atoms with van der Waals surface area (Å²) in [5, 5.41) is 9.08. The van der Waals surface area contributed by atoms with Crippen LogP contribution in [-0.2, 0) is 9.59 Å². The molecule has 2 rings (SSSR count). The third-order valence-corrected chi connectivity index (χ3v) is 5.42. The van der Waals surface area contributed by atoms with Gasteiger partial charge in [-0.2, -0.15) is 11.8 Å². The summed E-state index contributed by atoms with van der Waals surface area (Å²) >= 11 is 3.32. The van der Waals surface area contributed by atoms with Crippen molar-refractivity contribution in [3.63, 3.8) is 0 Å². The second kappa shape index (κ2) is 4.87. The summed E-state index contributed by atoms with van der Waals surface area (Å²) in [6.07, 6.45) is 0.893. The molecule has 0 aliphatic carbocycles. The van der Waals surface area contributed by atoms with E-state index in [9.17, 15) is 9.59 Å². The van der Waals surface area contributed by atoms with Crippen molar-refractivity contribution in [2.45, 2.75) is 24.8 Å². The Bertz CT molecular complexity index is 304. The zero-order chi connectivity index (χ0) is 11.7. The fourth-order valence-corrected chi connectivity index (χ4v) is 4.49. The summed E-state index contributed by atoms with van der Waals surface area (Å²) in [6.45, 7) is 1.91. The minimum absolute atomic E-state index is 0.000741. The number of aliphatic carboxylic acids is 1. The minimum atomic E-state index is -0.879. The van der Waals surface area contributed by atoms with Gasteiger partial charge in [0.1, 0.15) is 6.04 Å². The molecule has 1 amide bonds. The van der Waals surface area contributed by atoms with Crippen LogP contribution in [0.2, 0.25) is 0 Å². The number of amides is 1. The Morgan fingerprint density at radius 1 is 1.38 bits per heavy atom. The number of carbonyl (C=O) groups is 2. The van der Waals surface area contributed by atoms with E-state index in [0.29, 0.717) is 5.75 Å². The van der Waals surface area contributed by atoms with Crippen molar-refractivity contribution in [3.05, 3.63) is 0 Å². The van der Waals surface area contributed by atoms with Crippen LogP contribution in [0.1, 0.15) is 13.3 Å². The lowest BCUT2D eigenvalue weighted by molar-refractivity contribution is -0.150. The minimum Gasteiger partial charge on any atom is -0.480 e. The first kappa shape index (κ1) is 12.1. The number of thioether (sulfide) groups is 2.